The number of nitrogens with zero attached hydrogens (tertiary/aromatic N) is 3. The van der Waals surface area contributed by atoms with E-state index in [2.05, 4.69) is 10.2 Å². The summed E-state index contributed by atoms with van der Waals surface area (Å²) in [6.07, 6.45) is 0. The van der Waals surface area contributed by atoms with Gasteiger partial charge in [0.1, 0.15) is 6.54 Å². The lowest BCUT2D eigenvalue weighted by Gasteiger charge is -2.01. The van der Waals surface area contributed by atoms with E-state index in [9.17, 15) is 14.7 Å². The van der Waals surface area contributed by atoms with Crippen LogP contribution in [-0.2, 0) is 16.1 Å². The molecule has 0 fully saturated rings. The summed E-state index contributed by atoms with van der Waals surface area (Å²) in [5.74, 6) is -1.92. The fraction of sp³-hybridized carbons (Fsp3) is 0.167. The molecule has 0 aliphatic rings. The van der Waals surface area contributed by atoms with Gasteiger partial charge in [-0.3, -0.25) is 14.2 Å². The van der Waals surface area contributed by atoms with Crippen molar-refractivity contribution < 1.29 is 19.8 Å². The first-order valence-corrected chi connectivity index (χ1v) is 5.45. The summed E-state index contributed by atoms with van der Waals surface area (Å²) in [6.45, 7) is 0.832. The number of hydrogen-bond acceptors (Lipinski definition) is 4. The molecule has 7 heteroatoms. The summed E-state index contributed by atoms with van der Waals surface area (Å²) in [7, 11) is 0. The predicted molar refractivity (Wildman–Crippen MR) is 66.4 cm³/mol. The predicted octanol–water partition coefficient (Wildman–Crippen LogP) is 2.06. The van der Waals surface area contributed by atoms with Gasteiger partial charge in [0.05, 0.1) is 5.52 Å². The minimum atomic E-state index is -1.09. The van der Waals surface area contributed by atoms with E-state index in [1.54, 1.807) is 24.3 Å². The van der Waals surface area contributed by atoms with Crippen LogP contribution in [0.4, 0.5) is 5.69 Å². The van der Waals surface area contributed by atoms with Gasteiger partial charge in [-0.1, -0.05) is 18.2 Å². The summed E-state index contributed by atoms with van der Waals surface area (Å²) in [5.41, 5.74) is 0.604. The molecular weight excluding hydrogens is 250 g/mol. The molecule has 2 aromatic rings. The van der Waals surface area contributed by atoms with Gasteiger partial charge in [-0.05, 0) is 6.07 Å². The van der Waals surface area contributed by atoms with Crippen LogP contribution in [0.5, 0.6) is 5.88 Å². The summed E-state index contributed by atoms with van der Waals surface area (Å²) in [4.78, 5) is 21.6. The Morgan fingerprint density at radius 2 is 2.00 bits per heavy atom. The molecule has 19 heavy (non-hydrogen) atoms. The number of benzene rings is 1. The first-order chi connectivity index (χ1) is 9.00. The number of amides is 1. The topological polar surface area (TPSA) is 104 Å². The average Bonchev–Trinajstić information content (AvgIpc) is 2.60. The fourth-order valence-corrected chi connectivity index (χ4v) is 1.79. The Morgan fingerprint density at radius 3 is 2.63 bits per heavy atom. The number of rotatable bonds is 3. The van der Waals surface area contributed by atoms with Crippen LogP contribution < -0.4 is 0 Å². The number of carboxylic acid groups (broad SMARTS) is 1. The van der Waals surface area contributed by atoms with Crippen molar-refractivity contribution in [1.29, 1.82) is 0 Å². The highest BCUT2D eigenvalue weighted by molar-refractivity contribution is 5.96. The van der Waals surface area contributed by atoms with Crippen molar-refractivity contribution in [3.8, 4) is 5.88 Å². The third-order valence-electron chi connectivity index (χ3n) is 2.50. The lowest BCUT2D eigenvalue weighted by molar-refractivity contribution is -0.137. The molecule has 0 bridgehead atoms. The molecule has 7 nitrogen and oxygen atoms in total. The Balaban J connectivity index is 2.66. The standard InChI is InChI=1S/C12H11N3O4/c1-7(16)13-14-11-8-4-2-3-5-9(8)15(12(11)19)6-10(17)18/h2-5,19H,6H2,1H3,(H,17,18). The molecule has 0 unspecified atom stereocenters. The van der Waals surface area contributed by atoms with Crippen LogP contribution in [-0.4, -0.2) is 26.7 Å². The number of aromatic nitrogens is 1. The van der Waals surface area contributed by atoms with E-state index in [1.807, 2.05) is 0 Å². The number of fused-ring (bicyclic) bond motifs is 1. The molecule has 2 rings (SSSR count). The van der Waals surface area contributed by atoms with Crippen molar-refractivity contribution in [3.63, 3.8) is 0 Å². The third kappa shape index (κ3) is 2.44. The normalized spacial score (nSPS) is 11.2. The quantitative estimate of drug-likeness (QED) is 0.825. The molecule has 0 radical (unpaired) electrons. The van der Waals surface area contributed by atoms with Gasteiger partial charge in [0.2, 0.25) is 5.88 Å². The number of carbonyl (C=O) groups is 2. The lowest BCUT2D eigenvalue weighted by Crippen LogP contribution is -2.07. The highest BCUT2D eigenvalue weighted by atomic mass is 16.4. The van der Waals surface area contributed by atoms with Crippen molar-refractivity contribution in [3.05, 3.63) is 24.3 Å². The SMILES string of the molecule is CC(=O)N=Nc1c(O)n(CC(=O)O)c2ccccc12. The Kier molecular flexibility index (Phi) is 3.28. The van der Waals surface area contributed by atoms with Gasteiger partial charge in [-0.2, -0.15) is 0 Å². The van der Waals surface area contributed by atoms with Gasteiger partial charge < -0.3 is 10.2 Å². The van der Waals surface area contributed by atoms with E-state index < -0.39 is 18.4 Å². The average molecular weight is 261 g/mol. The van der Waals surface area contributed by atoms with E-state index in [0.29, 0.717) is 10.9 Å². The Labute approximate surface area is 107 Å². The number of aromatic hydroxyl groups is 1. The third-order valence-corrected chi connectivity index (χ3v) is 2.50. The molecule has 1 aromatic heterocycles. The minimum Gasteiger partial charge on any atom is -0.493 e. The summed E-state index contributed by atoms with van der Waals surface area (Å²) >= 11 is 0. The lowest BCUT2D eigenvalue weighted by atomic mass is 10.2. The van der Waals surface area contributed by atoms with Crippen LogP contribution in [0.1, 0.15) is 6.92 Å². The van der Waals surface area contributed by atoms with Crippen LogP contribution in [0, 0.1) is 0 Å². The highest BCUT2D eigenvalue weighted by Gasteiger charge is 2.17. The van der Waals surface area contributed by atoms with Gasteiger partial charge in [-0.15, -0.1) is 10.2 Å². The van der Waals surface area contributed by atoms with E-state index >= 15 is 0 Å². The Bertz CT molecular complexity index is 688. The summed E-state index contributed by atoms with van der Waals surface area (Å²) in [6, 6.07) is 6.76. The van der Waals surface area contributed by atoms with Crippen molar-refractivity contribution in [2.24, 2.45) is 10.2 Å². The zero-order valence-corrected chi connectivity index (χ0v) is 10.1. The zero-order chi connectivity index (χ0) is 14.0. The molecule has 1 amide bonds. The van der Waals surface area contributed by atoms with Crippen molar-refractivity contribution in [2.45, 2.75) is 13.5 Å². The maximum atomic E-state index is 10.8. The summed E-state index contributed by atoms with van der Waals surface area (Å²) in [5, 5.41) is 26.4. The van der Waals surface area contributed by atoms with Crippen molar-refractivity contribution in [2.75, 3.05) is 0 Å². The van der Waals surface area contributed by atoms with Crippen LogP contribution >= 0.6 is 0 Å². The first-order valence-electron chi connectivity index (χ1n) is 5.45. The molecule has 0 spiro atoms. The number of carboxylic acids is 1. The molecule has 0 aliphatic heterocycles. The second-order valence-corrected chi connectivity index (χ2v) is 3.89. The highest BCUT2D eigenvalue weighted by Crippen LogP contribution is 2.38. The number of azo groups is 1. The first kappa shape index (κ1) is 12.7. The van der Waals surface area contributed by atoms with E-state index in [1.165, 1.54) is 11.5 Å². The van der Waals surface area contributed by atoms with Crippen LogP contribution in [0.25, 0.3) is 10.9 Å². The smallest absolute Gasteiger partial charge is 0.323 e. The Hall–Kier alpha value is -2.70. The Morgan fingerprint density at radius 1 is 1.32 bits per heavy atom. The fourth-order valence-electron chi connectivity index (χ4n) is 1.79. The molecular formula is C12H11N3O4. The molecule has 0 saturated heterocycles. The monoisotopic (exact) mass is 261 g/mol. The van der Waals surface area contributed by atoms with E-state index in [-0.39, 0.29) is 11.6 Å². The largest absolute Gasteiger partial charge is 0.493 e. The number of aliphatic carboxylic acids is 1. The second kappa shape index (κ2) is 4.89. The summed E-state index contributed by atoms with van der Waals surface area (Å²) < 4.78 is 1.20. The molecule has 98 valence electrons. The van der Waals surface area contributed by atoms with Gasteiger partial charge in [0, 0.05) is 12.3 Å². The van der Waals surface area contributed by atoms with Crippen LogP contribution in [0.15, 0.2) is 34.5 Å². The minimum absolute atomic E-state index is 0.0899. The van der Waals surface area contributed by atoms with Crippen molar-refractivity contribution in [1.82, 2.24) is 4.57 Å². The maximum Gasteiger partial charge on any atom is 0.323 e. The molecule has 0 saturated carbocycles. The molecule has 0 atom stereocenters. The van der Waals surface area contributed by atoms with Crippen LogP contribution in [0.3, 0.4) is 0 Å². The molecule has 2 N–H and O–H groups in total. The van der Waals surface area contributed by atoms with Crippen LogP contribution in [0.2, 0.25) is 0 Å². The zero-order valence-electron chi connectivity index (χ0n) is 10.1. The number of carbonyl (C=O) groups excluding carboxylic acids is 1. The van der Waals surface area contributed by atoms with E-state index in [4.69, 9.17) is 5.11 Å². The molecule has 0 aliphatic carbocycles. The van der Waals surface area contributed by atoms with Crippen molar-refractivity contribution >= 4 is 28.5 Å². The van der Waals surface area contributed by atoms with Gasteiger partial charge >= 0.3 is 5.97 Å². The van der Waals surface area contributed by atoms with Gasteiger partial charge in [0.15, 0.2) is 5.69 Å². The van der Waals surface area contributed by atoms with E-state index in [0.717, 1.165) is 0 Å². The number of para-hydroxylation sites is 1. The van der Waals surface area contributed by atoms with Gasteiger partial charge in [0.25, 0.3) is 5.91 Å². The van der Waals surface area contributed by atoms with Gasteiger partial charge in [-0.25, -0.2) is 0 Å². The molecule has 1 heterocycles. The molecule has 1 aromatic carbocycles. The number of hydrogen-bond donors (Lipinski definition) is 2. The maximum absolute atomic E-state index is 10.8. The second-order valence-electron chi connectivity index (χ2n) is 3.89.